The zero-order valence-corrected chi connectivity index (χ0v) is 17.7. The Kier molecular flexibility index (Phi) is 6.33. The van der Waals surface area contributed by atoms with Gasteiger partial charge in [0.1, 0.15) is 5.75 Å². The van der Waals surface area contributed by atoms with Crippen molar-refractivity contribution in [1.82, 2.24) is 10.4 Å². The Balaban J connectivity index is 1.66. The van der Waals surface area contributed by atoms with Crippen molar-refractivity contribution in [3.05, 3.63) is 101 Å². The molecule has 0 aromatic heterocycles. The SMILES string of the molecule is COc1ccc(C=C(C(=O)N2CCc3ccc(C(=O)NO)cc3C2)c2ccccc2)cc1. The summed E-state index contributed by atoms with van der Waals surface area (Å²) in [6.45, 7) is 0.984. The Bertz CT molecular complexity index is 1150. The molecule has 6 heteroatoms. The molecule has 1 aliphatic heterocycles. The Morgan fingerprint density at radius 1 is 0.969 bits per heavy atom. The Labute approximate surface area is 186 Å². The number of amides is 2. The maximum Gasteiger partial charge on any atom is 0.274 e. The Morgan fingerprint density at radius 2 is 1.72 bits per heavy atom. The second kappa shape index (κ2) is 9.49. The minimum atomic E-state index is -0.569. The number of benzene rings is 3. The van der Waals surface area contributed by atoms with Crippen molar-refractivity contribution in [3.8, 4) is 5.75 Å². The molecule has 6 nitrogen and oxygen atoms in total. The van der Waals surface area contributed by atoms with Gasteiger partial charge in [0.05, 0.1) is 7.11 Å². The second-order valence-corrected chi connectivity index (χ2v) is 7.60. The topological polar surface area (TPSA) is 78.9 Å². The summed E-state index contributed by atoms with van der Waals surface area (Å²) < 4.78 is 5.23. The largest absolute Gasteiger partial charge is 0.497 e. The van der Waals surface area contributed by atoms with Crippen LogP contribution >= 0.6 is 0 Å². The number of carbonyl (C=O) groups excluding carboxylic acids is 2. The van der Waals surface area contributed by atoms with Gasteiger partial charge in [-0.15, -0.1) is 0 Å². The van der Waals surface area contributed by atoms with Crippen LogP contribution in [-0.2, 0) is 17.8 Å². The zero-order valence-electron chi connectivity index (χ0n) is 17.7. The lowest BCUT2D eigenvalue weighted by atomic mass is 9.95. The first-order valence-electron chi connectivity index (χ1n) is 10.4. The quantitative estimate of drug-likeness (QED) is 0.279. The van der Waals surface area contributed by atoms with Crippen LogP contribution in [-0.4, -0.2) is 35.6 Å². The molecule has 0 bridgehead atoms. The fourth-order valence-corrected chi connectivity index (χ4v) is 3.86. The number of nitrogens with one attached hydrogen (secondary N) is 1. The first-order valence-corrected chi connectivity index (χ1v) is 10.4. The van der Waals surface area contributed by atoms with E-state index in [1.165, 1.54) is 0 Å². The van der Waals surface area contributed by atoms with Crippen LogP contribution in [0.3, 0.4) is 0 Å². The van der Waals surface area contributed by atoms with E-state index in [0.29, 0.717) is 30.6 Å². The first kappa shape index (κ1) is 21.3. The molecule has 162 valence electrons. The van der Waals surface area contributed by atoms with E-state index >= 15 is 0 Å². The third-order valence-electron chi connectivity index (χ3n) is 5.61. The first-order chi connectivity index (χ1) is 15.6. The zero-order chi connectivity index (χ0) is 22.5. The summed E-state index contributed by atoms with van der Waals surface area (Å²) in [4.78, 5) is 27.2. The summed E-state index contributed by atoms with van der Waals surface area (Å²) in [6, 6.07) is 22.5. The summed E-state index contributed by atoms with van der Waals surface area (Å²) in [5.41, 5.74) is 6.37. The van der Waals surface area contributed by atoms with E-state index < -0.39 is 5.91 Å². The van der Waals surface area contributed by atoms with E-state index in [4.69, 9.17) is 9.94 Å². The Morgan fingerprint density at radius 3 is 2.41 bits per heavy atom. The number of carbonyl (C=O) groups is 2. The molecule has 4 rings (SSSR count). The average Bonchev–Trinajstić information content (AvgIpc) is 2.86. The third-order valence-corrected chi connectivity index (χ3v) is 5.61. The van der Waals surface area contributed by atoms with Crippen molar-refractivity contribution >= 4 is 23.5 Å². The van der Waals surface area contributed by atoms with Gasteiger partial charge in [0.25, 0.3) is 11.8 Å². The summed E-state index contributed by atoms with van der Waals surface area (Å²) >= 11 is 0. The standard InChI is InChI=1S/C26H24N2O4/c1-32-23-11-7-18(8-12-23)15-24(20-5-3-2-4-6-20)26(30)28-14-13-19-9-10-21(25(29)27-31)16-22(19)17-28/h2-12,15-16,31H,13-14,17H2,1H3,(H,27,29). The van der Waals surface area contributed by atoms with Gasteiger partial charge in [0.2, 0.25) is 0 Å². The van der Waals surface area contributed by atoms with Gasteiger partial charge in [-0.2, -0.15) is 0 Å². The highest BCUT2D eigenvalue weighted by atomic mass is 16.5. The van der Waals surface area contributed by atoms with Gasteiger partial charge >= 0.3 is 0 Å². The molecular formula is C26H24N2O4. The van der Waals surface area contributed by atoms with Gasteiger partial charge in [0, 0.05) is 24.2 Å². The molecule has 0 atom stereocenters. The van der Waals surface area contributed by atoms with Crippen LogP contribution < -0.4 is 10.2 Å². The van der Waals surface area contributed by atoms with Crippen LogP contribution in [0.1, 0.15) is 32.6 Å². The van der Waals surface area contributed by atoms with Gasteiger partial charge in [0.15, 0.2) is 0 Å². The number of methoxy groups -OCH3 is 1. The van der Waals surface area contributed by atoms with Crippen LogP contribution in [0.4, 0.5) is 0 Å². The molecule has 32 heavy (non-hydrogen) atoms. The van der Waals surface area contributed by atoms with E-state index in [1.807, 2.05) is 66.7 Å². The van der Waals surface area contributed by atoms with Crippen molar-refractivity contribution in [2.45, 2.75) is 13.0 Å². The van der Waals surface area contributed by atoms with Crippen molar-refractivity contribution in [1.29, 1.82) is 0 Å². The number of hydroxylamine groups is 1. The summed E-state index contributed by atoms with van der Waals surface area (Å²) in [6.07, 6.45) is 2.59. The molecule has 3 aromatic carbocycles. The van der Waals surface area contributed by atoms with Gasteiger partial charge in [-0.05, 0) is 59.0 Å². The highest BCUT2D eigenvalue weighted by molar-refractivity contribution is 6.24. The molecular weight excluding hydrogens is 404 g/mol. The summed E-state index contributed by atoms with van der Waals surface area (Å²) in [7, 11) is 1.62. The predicted octanol–water partition coefficient (Wildman–Crippen LogP) is 3.94. The number of nitrogens with zero attached hydrogens (tertiary/aromatic N) is 1. The van der Waals surface area contributed by atoms with Crippen molar-refractivity contribution < 1.29 is 19.5 Å². The fraction of sp³-hybridized carbons (Fsp3) is 0.154. The number of ether oxygens (including phenoxy) is 1. The second-order valence-electron chi connectivity index (χ2n) is 7.60. The van der Waals surface area contributed by atoms with Gasteiger partial charge in [-0.1, -0.05) is 48.5 Å². The molecule has 1 aliphatic rings. The third kappa shape index (κ3) is 4.55. The molecule has 3 aromatic rings. The van der Waals surface area contributed by atoms with E-state index in [1.54, 1.807) is 29.6 Å². The maximum atomic E-state index is 13.6. The van der Waals surface area contributed by atoms with Gasteiger partial charge in [-0.25, -0.2) is 5.48 Å². The molecule has 0 fully saturated rings. The molecule has 2 amide bonds. The molecule has 0 saturated carbocycles. The highest BCUT2D eigenvalue weighted by Crippen LogP contribution is 2.26. The Hall–Kier alpha value is -3.90. The van der Waals surface area contributed by atoms with Crippen LogP contribution in [0.15, 0.2) is 72.8 Å². The molecule has 0 spiro atoms. The minimum absolute atomic E-state index is 0.0744. The summed E-state index contributed by atoms with van der Waals surface area (Å²) in [5.74, 6) is 0.111. The molecule has 0 radical (unpaired) electrons. The van der Waals surface area contributed by atoms with Gasteiger partial charge in [-0.3, -0.25) is 14.8 Å². The smallest absolute Gasteiger partial charge is 0.274 e. The van der Waals surface area contributed by atoms with Crippen molar-refractivity contribution in [3.63, 3.8) is 0 Å². The highest BCUT2D eigenvalue weighted by Gasteiger charge is 2.25. The molecule has 0 saturated heterocycles. The van der Waals surface area contributed by atoms with Crippen LogP contribution in [0, 0.1) is 0 Å². The molecule has 0 aliphatic carbocycles. The maximum absolute atomic E-state index is 13.6. The fourth-order valence-electron chi connectivity index (χ4n) is 3.86. The van der Waals surface area contributed by atoms with Crippen LogP contribution in [0.25, 0.3) is 11.6 Å². The minimum Gasteiger partial charge on any atom is -0.497 e. The van der Waals surface area contributed by atoms with Crippen LogP contribution in [0.2, 0.25) is 0 Å². The van der Waals surface area contributed by atoms with Crippen LogP contribution in [0.5, 0.6) is 5.75 Å². The average molecular weight is 428 g/mol. The van der Waals surface area contributed by atoms with Gasteiger partial charge < -0.3 is 9.64 Å². The van der Waals surface area contributed by atoms with E-state index in [0.717, 1.165) is 28.0 Å². The van der Waals surface area contributed by atoms with E-state index in [2.05, 4.69) is 0 Å². The van der Waals surface area contributed by atoms with E-state index in [9.17, 15) is 9.59 Å². The molecule has 2 N–H and O–H groups in total. The monoisotopic (exact) mass is 428 g/mol. The number of fused-ring (bicyclic) bond motifs is 1. The number of hydrogen-bond donors (Lipinski definition) is 2. The van der Waals surface area contributed by atoms with Crippen molar-refractivity contribution in [2.75, 3.05) is 13.7 Å². The number of hydrogen-bond acceptors (Lipinski definition) is 4. The molecule has 1 heterocycles. The summed E-state index contributed by atoms with van der Waals surface area (Å²) in [5, 5.41) is 8.93. The van der Waals surface area contributed by atoms with E-state index in [-0.39, 0.29) is 5.91 Å². The lowest BCUT2D eigenvalue weighted by Crippen LogP contribution is -2.36. The molecule has 0 unspecified atom stereocenters. The lowest BCUT2D eigenvalue weighted by molar-refractivity contribution is -0.125. The van der Waals surface area contributed by atoms with Crippen molar-refractivity contribution in [2.24, 2.45) is 0 Å². The normalized spacial score (nSPS) is 13.3. The number of rotatable bonds is 5. The predicted molar refractivity (Wildman–Crippen MR) is 122 cm³/mol. The lowest BCUT2D eigenvalue weighted by Gasteiger charge is -2.30.